The first kappa shape index (κ1) is 14.7. The summed E-state index contributed by atoms with van der Waals surface area (Å²) in [5.74, 6) is 1.75. The largest absolute Gasteiger partial charge is 0.381 e. The van der Waals surface area contributed by atoms with E-state index in [0.717, 1.165) is 31.5 Å². The van der Waals surface area contributed by atoms with Crippen LogP contribution < -0.4 is 4.90 Å². The summed E-state index contributed by atoms with van der Waals surface area (Å²) in [6.45, 7) is 5.45. The summed E-state index contributed by atoms with van der Waals surface area (Å²) < 4.78 is 5.61. The highest BCUT2D eigenvalue weighted by Gasteiger charge is 2.26. The first-order chi connectivity index (χ1) is 10.3. The standard InChI is InChI=1S/C16H26N4O/c1-19(16-6-7-17-13-18-16)15-5-2-8-20(11-15)10-14-4-3-9-21-12-14/h6-7,13-15H,2-5,8-12H2,1H3. The van der Waals surface area contributed by atoms with Gasteiger partial charge in [-0.1, -0.05) is 0 Å². The number of anilines is 1. The molecular formula is C16H26N4O. The fraction of sp³-hybridized carbons (Fsp3) is 0.750. The topological polar surface area (TPSA) is 41.5 Å². The van der Waals surface area contributed by atoms with Gasteiger partial charge in [0.15, 0.2) is 0 Å². The lowest BCUT2D eigenvalue weighted by molar-refractivity contribution is 0.0341. The number of ether oxygens (including phenoxy) is 1. The third-order valence-electron chi connectivity index (χ3n) is 4.73. The highest BCUT2D eigenvalue weighted by Crippen LogP contribution is 2.22. The first-order valence-corrected chi connectivity index (χ1v) is 8.12. The molecule has 2 unspecified atom stereocenters. The Balaban J connectivity index is 1.55. The predicted octanol–water partition coefficient (Wildman–Crippen LogP) is 1.80. The quantitative estimate of drug-likeness (QED) is 0.846. The second-order valence-electron chi connectivity index (χ2n) is 6.32. The normalized spacial score (nSPS) is 27.5. The van der Waals surface area contributed by atoms with E-state index in [4.69, 9.17) is 4.74 Å². The molecule has 0 N–H and O–H groups in total. The second-order valence-corrected chi connectivity index (χ2v) is 6.32. The van der Waals surface area contributed by atoms with E-state index in [1.54, 1.807) is 6.33 Å². The third kappa shape index (κ3) is 3.92. The van der Waals surface area contributed by atoms with Gasteiger partial charge >= 0.3 is 0 Å². The van der Waals surface area contributed by atoms with Gasteiger partial charge < -0.3 is 14.5 Å². The molecule has 2 fully saturated rings. The van der Waals surface area contributed by atoms with Crippen molar-refractivity contribution in [1.29, 1.82) is 0 Å². The molecule has 116 valence electrons. The molecule has 2 aliphatic rings. The Bertz CT molecular complexity index is 422. The highest BCUT2D eigenvalue weighted by atomic mass is 16.5. The van der Waals surface area contributed by atoms with Crippen molar-refractivity contribution < 1.29 is 4.74 Å². The Morgan fingerprint density at radius 3 is 3.10 bits per heavy atom. The Morgan fingerprint density at radius 1 is 1.38 bits per heavy atom. The Hall–Kier alpha value is -1.20. The molecule has 3 heterocycles. The van der Waals surface area contributed by atoms with Crippen LogP contribution in [0.1, 0.15) is 25.7 Å². The van der Waals surface area contributed by atoms with Crippen molar-refractivity contribution in [3.05, 3.63) is 18.6 Å². The van der Waals surface area contributed by atoms with E-state index in [1.165, 1.54) is 38.8 Å². The minimum Gasteiger partial charge on any atom is -0.381 e. The van der Waals surface area contributed by atoms with E-state index >= 15 is 0 Å². The average Bonchev–Trinajstić information content (AvgIpc) is 2.56. The fourth-order valence-electron chi connectivity index (χ4n) is 3.51. The summed E-state index contributed by atoms with van der Waals surface area (Å²) in [6, 6.07) is 2.55. The van der Waals surface area contributed by atoms with Gasteiger partial charge in [0.1, 0.15) is 12.1 Å². The van der Waals surface area contributed by atoms with Crippen LogP contribution >= 0.6 is 0 Å². The smallest absolute Gasteiger partial charge is 0.131 e. The molecule has 21 heavy (non-hydrogen) atoms. The zero-order chi connectivity index (χ0) is 14.5. The molecule has 2 atom stereocenters. The van der Waals surface area contributed by atoms with Gasteiger partial charge in [0.05, 0.1) is 6.61 Å². The average molecular weight is 290 g/mol. The van der Waals surface area contributed by atoms with E-state index < -0.39 is 0 Å². The predicted molar refractivity (Wildman–Crippen MR) is 83.4 cm³/mol. The molecule has 0 bridgehead atoms. The molecule has 2 saturated heterocycles. The fourth-order valence-corrected chi connectivity index (χ4v) is 3.51. The monoisotopic (exact) mass is 290 g/mol. The van der Waals surface area contributed by atoms with E-state index in [-0.39, 0.29) is 0 Å². The zero-order valence-electron chi connectivity index (χ0n) is 12.9. The van der Waals surface area contributed by atoms with E-state index in [2.05, 4.69) is 26.8 Å². The van der Waals surface area contributed by atoms with Gasteiger partial charge in [0.25, 0.3) is 0 Å². The van der Waals surface area contributed by atoms with Crippen LogP contribution in [0.4, 0.5) is 5.82 Å². The zero-order valence-corrected chi connectivity index (χ0v) is 12.9. The van der Waals surface area contributed by atoms with Crippen molar-refractivity contribution in [2.24, 2.45) is 5.92 Å². The third-order valence-corrected chi connectivity index (χ3v) is 4.73. The number of nitrogens with zero attached hydrogens (tertiary/aromatic N) is 4. The van der Waals surface area contributed by atoms with Gasteiger partial charge in [-0.05, 0) is 44.2 Å². The van der Waals surface area contributed by atoms with Crippen LogP contribution in [-0.2, 0) is 4.74 Å². The first-order valence-electron chi connectivity index (χ1n) is 8.12. The number of hydrogen-bond acceptors (Lipinski definition) is 5. The minimum absolute atomic E-state index is 0.554. The summed E-state index contributed by atoms with van der Waals surface area (Å²) in [6.07, 6.45) is 8.52. The Morgan fingerprint density at radius 2 is 2.33 bits per heavy atom. The number of rotatable bonds is 4. The summed E-state index contributed by atoms with van der Waals surface area (Å²) >= 11 is 0. The Kier molecular flexibility index (Phi) is 5.04. The van der Waals surface area contributed by atoms with Gasteiger partial charge in [0, 0.05) is 39.0 Å². The van der Waals surface area contributed by atoms with Gasteiger partial charge in [-0.25, -0.2) is 9.97 Å². The molecular weight excluding hydrogens is 264 g/mol. The lowest BCUT2D eigenvalue weighted by Gasteiger charge is -2.39. The van der Waals surface area contributed by atoms with Gasteiger partial charge in [0.2, 0.25) is 0 Å². The van der Waals surface area contributed by atoms with Crippen molar-refractivity contribution >= 4 is 5.82 Å². The van der Waals surface area contributed by atoms with Gasteiger partial charge in [-0.15, -0.1) is 0 Å². The van der Waals surface area contributed by atoms with Crippen molar-refractivity contribution in [2.45, 2.75) is 31.7 Å². The van der Waals surface area contributed by atoms with Crippen LogP contribution in [0.25, 0.3) is 0 Å². The summed E-state index contributed by atoms with van der Waals surface area (Å²) in [5.41, 5.74) is 0. The molecule has 1 aromatic rings. The van der Waals surface area contributed by atoms with Crippen LogP contribution in [0.5, 0.6) is 0 Å². The number of aromatic nitrogens is 2. The van der Waals surface area contributed by atoms with Gasteiger partial charge in [-0.3, -0.25) is 0 Å². The van der Waals surface area contributed by atoms with Crippen LogP contribution in [0, 0.1) is 5.92 Å². The molecule has 3 rings (SSSR count). The second kappa shape index (κ2) is 7.18. The Labute approximate surface area is 127 Å². The number of likely N-dealkylation sites (tertiary alicyclic amines) is 1. The lowest BCUT2D eigenvalue weighted by Crippen LogP contribution is -2.48. The molecule has 0 spiro atoms. The maximum atomic E-state index is 5.61. The number of hydrogen-bond donors (Lipinski definition) is 0. The molecule has 5 heteroatoms. The molecule has 2 aliphatic heterocycles. The maximum Gasteiger partial charge on any atom is 0.131 e. The highest BCUT2D eigenvalue weighted by molar-refractivity contribution is 5.36. The van der Waals surface area contributed by atoms with Crippen molar-refractivity contribution in [2.75, 3.05) is 44.8 Å². The summed E-state index contributed by atoms with van der Waals surface area (Å²) in [5, 5.41) is 0. The maximum absolute atomic E-state index is 5.61. The number of likely N-dealkylation sites (N-methyl/N-ethyl adjacent to an activating group) is 1. The van der Waals surface area contributed by atoms with E-state index in [1.807, 2.05) is 12.3 Å². The van der Waals surface area contributed by atoms with Crippen LogP contribution in [0.3, 0.4) is 0 Å². The molecule has 0 saturated carbocycles. The van der Waals surface area contributed by atoms with Gasteiger partial charge in [-0.2, -0.15) is 0 Å². The summed E-state index contributed by atoms with van der Waals surface area (Å²) in [7, 11) is 2.15. The molecule has 1 aromatic heterocycles. The molecule has 0 aromatic carbocycles. The van der Waals surface area contributed by atoms with E-state index in [0.29, 0.717) is 6.04 Å². The van der Waals surface area contributed by atoms with Crippen LogP contribution in [0.15, 0.2) is 18.6 Å². The van der Waals surface area contributed by atoms with Crippen LogP contribution in [0.2, 0.25) is 0 Å². The van der Waals surface area contributed by atoms with E-state index in [9.17, 15) is 0 Å². The van der Waals surface area contributed by atoms with Crippen LogP contribution in [-0.4, -0.2) is 60.8 Å². The van der Waals surface area contributed by atoms with Crippen molar-refractivity contribution in [1.82, 2.24) is 14.9 Å². The minimum atomic E-state index is 0.554. The van der Waals surface area contributed by atoms with Crippen molar-refractivity contribution in [3.63, 3.8) is 0 Å². The summed E-state index contributed by atoms with van der Waals surface area (Å²) in [4.78, 5) is 13.3. The number of piperidine rings is 1. The SMILES string of the molecule is CN(c1ccncn1)C1CCCN(CC2CCCOC2)C1. The lowest BCUT2D eigenvalue weighted by atomic mass is 9.98. The van der Waals surface area contributed by atoms with Crippen molar-refractivity contribution in [3.8, 4) is 0 Å². The molecule has 0 aliphatic carbocycles. The molecule has 0 amide bonds. The molecule has 5 nitrogen and oxygen atoms in total. The molecule has 0 radical (unpaired) electrons.